The molecule has 98 valence electrons. The lowest BCUT2D eigenvalue weighted by Gasteiger charge is -2.23. The first-order valence-electron chi connectivity index (χ1n) is 6.61. The average molecular weight is 271 g/mol. The molecule has 0 saturated heterocycles. The van der Waals surface area contributed by atoms with Crippen molar-refractivity contribution in [2.45, 2.75) is 29.5 Å². The van der Waals surface area contributed by atoms with Crippen LogP contribution in [0.3, 0.4) is 0 Å². The van der Waals surface area contributed by atoms with Gasteiger partial charge in [0.05, 0.1) is 0 Å². The molecular formula is C15H17N3S. The fourth-order valence-corrected chi connectivity index (χ4v) is 3.99. The van der Waals surface area contributed by atoms with Gasteiger partial charge in [-0.1, -0.05) is 25.1 Å². The predicted molar refractivity (Wildman–Crippen MR) is 78.2 cm³/mol. The minimum Gasteiger partial charge on any atom is -0.309 e. The maximum atomic E-state index is 4.15. The third kappa shape index (κ3) is 2.65. The highest BCUT2D eigenvalue weighted by Crippen LogP contribution is 2.42. The third-order valence-corrected chi connectivity index (χ3v) is 4.80. The summed E-state index contributed by atoms with van der Waals surface area (Å²) in [7, 11) is 0. The Labute approximate surface area is 117 Å². The van der Waals surface area contributed by atoms with E-state index >= 15 is 0 Å². The monoisotopic (exact) mass is 271 g/mol. The van der Waals surface area contributed by atoms with Crippen molar-refractivity contribution < 1.29 is 0 Å². The fraction of sp³-hybridized carbons (Fsp3) is 0.333. The molecule has 3 rings (SSSR count). The standard InChI is InChI=1S/C15H17N3S/c1-2-18-15(12-8-16-10-17-9-12)14-7-11-5-3-4-6-13(11)19-14/h3-6,8-10,14-15,18H,2,7H2,1H3. The molecule has 0 radical (unpaired) electrons. The van der Waals surface area contributed by atoms with Gasteiger partial charge in [0.25, 0.3) is 0 Å². The smallest absolute Gasteiger partial charge is 0.115 e. The number of nitrogens with zero attached hydrogens (tertiary/aromatic N) is 2. The van der Waals surface area contributed by atoms with Crippen molar-refractivity contribution >= 4 is 11.8 Å². The maximum absolute atomic E-state index is 4.15. The summed E-state index contributed by atoms with van der Waals surface area (Å²) in [5.74, 6) is 0. The second kappa shape index (κ2) is 5.72. The second-order valence-electron chi connectivity index (χ2n) is 4.68. The molecule has 3 nitrogen and oxygen atoms in total. The Morgan fingerprint density at radius 3 is 2.84 bits per heavy atom. The van der Waals surface area contributed by atoms with Gasteiger partial charge in [-0.3, -0.25) is 0 Å². The average Bonchev–Trinajstić information content (AvgIpc) is 2.89. The first-order chi connectivity index (χ1) is 9.38. The van der Waals surface area contributed by atoms with Crippen LogP contribution in [0.2, 0.25) is 0 Å². The summed E-state index contributed by atoms with van der Waals surface area (Å²) in [6, 6.07) is 8.98. The molecule has 19 heavy (non-hydrogen) atoms. The van der Waals surface area contributed by atoms with Crippen molar-refractivity contribution in [3.05, 3.63) is 54.1 Å². The van der Waals surface area contributed by atoms with Crippen molar-refractivity contribution in [3.63, 3.8) is 0 Å². The van der Waals surface area contributed by atoms with Crippen molar-refractivity contribution in [2.75, 3.05) is 6.54 Å². The summed E-state index contributed by atoms with van der Waals surface area (Å²) in [4.78, 5) is 9.71. The van der Waals surface area contributed by atoms with Gasteiger partial charge in [0, 0.05) is 34.1 Å². The van der Waals surface area contributed by atoms with Gasteiger partial charge in [0.15, 0.2) is 0 Å². The fourth-order valence-electron chi connectivity index (χ4n) is 2.55. The Morgan fingerprint density at radius 2 is 2.11 bits per heavy atom. The SMILES string of the molecule is CCNC(c1cncnc1)C1Cc2ccccc2S1. The van der Waals surface area contributed by atoms with Gasteiger partial charge in [-0.25, -0.2) is 9.97 Å². The number of hydrogen-bond donors (Lipinski definition) is 1. The number of nitrogens with one attached hydrogen (secondary N) is 1. The van der Waals surface area contributed by atoms with E-state index in [1.54, 1.807) is 6.33 Å². The molecule has 1 aliphatic heterocycles. The van der Waals surface area contributed by atoms with Gasteiger partial charge < -0.3 is 5.32 Å². The second-order valence-corrected chi connectivity index (χ2v) is 5.96. The highest BCUT2D eigenvalue weighted by atomic mass is 32.2. The van der Waals surface area contributed by atoms with Crippen molar-refractivity contribution in [3.8, 4) is 0 Å². The van der Waals surface area contributed by atoms with E-state index in [1.165, 1.54) is 16.0 Å². The quantitative estimate of drug-likeness (QED) is 0.928. The molecule has 2 unspecified atom stereocenters. The normalized spacial score (nSPS) is 19.1. The zero-order valence-corrected chi connectivity index (χ0v) is 11.7. The Hall–Kier alpha value is -1.39. The number of benzene rings is 1. The summed E-state index contributed by atoms with van der Waals surface area (Å²) in [5.41, 5.74) is 2.63. The van der Waals surface area contributed by atoms with Crippen LogP contribution in [0.25, 0.3) is 0 Å². The number of rotatable bonds is 4. The van der Waals surface area contributed by atoms with Crippen LogP contribution in [0.15, 0.2) is 47.9 Å². The molecule has 0 saturated carbocycles. The van der Waals surface area contributed by atoms with Crippen LogP contribution in [0.4, 0.5) is 0 Å². The zero-order chi connectivity index (χ0) is 13.1. The van der Waals surface area contributed by atoms with Gasteiger partial charge in [-0.15, -0.1) is 11.8 Å². The van der Waals surface area contributed by atoms with E-state index in [4.69, 9.17) is 0 Å². The van der Waals surface area contributed by atoms with E-state index in [9.17, 15) is 0 Å². The molecule has 1 aromatic heterocycles. The molecule has 2 aromatic rings. The summed E-state index contributed by atoms with van der Waals surface area (Å²) in [5, 5.41) is 4.09. The molecule has 1 aliphatic rings. The van der Waals surface area contributed by atoms with Gasteiger partial charge in [0.1, 0.15) is 6.33 Å². The highest BCUT2D eigenvalue weighted by Gasteiger charge is 2.30. The minimum absolute atomic E-state index is 0.309. The van der Waals surface area contributed by atoms with Crippen LogP contribution < -0.4 is 5.32 Å². The van der Waals surface area contributed by atoms with E-state index in [2.05, 4.69) is 46.5 Å². The van der Waals surface area contributed by atoms with Crippen molar-refractivity contribution in [2.24, 2.45) is 0 Å². The van der Waals surface area contributed by atoms with E-state index in [-0.39, 0.29) is 0 Å². The van der Waals surface area contributed by atoms with Crippen LogP contribution in [-0.4, -0.2) is 21.8 Å². The lowest BCUT2D eigenvalue weighted by atomic mass is 10.0. The van der Waals surface area contributed by atoms with Gasteiger partial charge >= 0.3 is 0 Å². The highest BCUT2D eigenvalue weighted by molar-refractivity contribution is 8.00. The Balaban J connectivity index is 1.84. The Bertz CT molecular complexity index is 519. The van der Waals surface area contributed by atoms with Crippen LogP contribution in [0.5, 0.6) is 0 Å². The molecule has 1 N–H and O–H groups in total. The summed E-state index contributed by atoms with van der Waals surface area (Å²) < 4.78 is 0. The molecule has 0 spiro atoms. The number of thioether (sulfide) groups is 1. The van der Waals surface area contributed by atoms with E-state index in [0.29, 0.717) is 11.3 Å². The van der Waals surface area contributed by atoms with Crippen molar-refractivity contribution in [1.82, 2.24) is 15.3 Å². The van der Waals surface area contributed by atoms with Gasteiger partial charge in [-0.05, 0) is 24.6 Å². The summed E-state index contributed by atoms with van der Waals surface area (Å²) in [6.07, 6.45) is 6.53. The predicted octanol–water partition coefficient (Wildman–Crippen LogP) is 2.84. The van der Waals surface area contributed by atoms with Gasteiger partial charge in [-0.2, -0.15) is 0 Å². The third-order valence-electron chi connectivity index (χ3n) is 3.41. The van der Waals surface area contributed by atoms with Crippen LogP contribution in [0.1, 0.15) is 24.1 Å². The van der Waals surface area contributed by atoms with E-state index in [1.807, 2.05) is 24.2 Å². The van der Waals surface area contributed by atoms with E-state index < -0.39 is 0 Å². The lowest BCUT2D eigenvalue weighted by molar-refractivity contribution is 0.528. The molecule has 0 aliphatic carbocycles. The Kier molecular flexibility index (Phi) is 3.80. The Morgan fingerprint density at radius 1 is 1.32 bits per heavy atom. The maximum Gasteiger partial charge on any atom is 0.115 e. The molecule has 4 heteroatoms. The molecule has 2 atom stereocenters. The van der Waals surface area contributed by atoms with Crippen LogP contribution in [0, 0.1) is 0 Å². The lowest BCUT2D eigenvalue weighted by Crippen LogP contribution is -2.30. The van der Waals surface area contributed by atoms with Gasteiger partial charge in [0.2, 0.25) is 0 Å². The van der Waals surface area contributed by atoms with Crippen molar-refractivity contribution in [1.29, 1.82) is 0 Å². The van der Waals surface area contributed by atoms with Crippen LogP contribution in [-0.2, 0) is 6.42 Å². The first-order valence-corrected chi connectivity index (χ1v) is 7.49. The number of fused-ring (bicyclic) bond motifs is 1. The topological polar surface area (TPSA) is 37.8 Å². The molecule has 1 aromatic carbocycles. The molecule has 0 fully saturated rings. The van der Waals surface area contributed by atoms with Crippen LogP contribution >= 0.6 is 11.8 Å². The largest absolute Gasteiger partial charge is 0.309 e. The molecule has 2 heterocycles. The molecular weight excluding hydrogens is 254 g/mol. The molecule has 0 bridgehead atoms. The molecule has 0 amide bonds. The number of aromatic nitrogens is 2. The first kappa shape index (κ1) is 12.6. The summed E-state index contributed by atoms with van der Waals surface area (Å²) >= 11 is 1.96. The summed E-state index contributed by atoms with van der Waals surface area (Å²) in [6.45, 7) is 3.09. The van der Waals surface area contributed by atoms with E-state index in [0.717, 1.165) is 13.0 Å². The minimum atomic E-state index is 0.309. The zero-order valence-electron chi connectivity index (χ0n) is 10.9. The number of hydrogen-bond acceptors (Lipinski definition) is 4.